The van der Waals surface area contributed by atoms with Crippen LogP contribution in [0.5, 0.6) is 0 Å². The van der Waals surface area contributed by atoms with Crippen LogP contribution in [-0.4, -0.2) is 30.9 Å². The van der Waals surface area contributed by atoms with Gasteiger partial charge in [-0.3, -0.25) is 0 Å². The first-order valence-electron chi connectivity index (χ1n) is 6.60. The molecule has 19 heavy (non-hydrogen) atoms. The van der Waals surface area contributed by atoms with Crippen LogP contribution in [0.15, 0.2) is 29.2 Å². The van der Waals surface area contributed by atoms with E-state index in [9.17, 15) is 13.5 Å². The molecule has 108 valence electrons. The standard InChI is InChI=1S/C14H23NO3S/c1-5-13(6-2)15(4)19(17,18)14-9-7-8-12(10-14)11(3)16/h7-11,13,16H,5-6H2,1-4H3. The first-order chi connectivity index (χ1) is 8.84. The molecule has 1 N–H and O–H groups in total. The molecule has 0 aliphatic rings. The summed E-state index contributed by atoms with van der Waals surface area (Å²) in [5, 5.41) is 9.55. The fraction of sp³-hybridized carbons (Fsp3) is 0.571. The van der Waals surface area contributed by atoms with Crippen LogP contribution in [0.2, 0.25) is 0 Å². The first-order valence-corrected chi connectivity index (χ1v) is 8.04. The van der Waals surface area contributed by atoms with Gasteiger partial charge in [-0.2, -0.15) is 4.31 Å². The maximum absolute atomic E-state index is 12.5. The molecular formula is C14H23NO3S. The van der Waals surface area contributed by atoms with Crippen molar-refractivity contribution in [2.45, 2.75) is 50.7 Å². The number of benzene rings is 1. The minimum atomic E-state index is -3.50. The summed E-state index contributed by atoms with van der Waals surface area (Å²) >= 11 is 0. The Labute approximate surface area is 116 Å². The maximum Gasteiger partial charge on any atom is 0.243 e. The van der Waals surface area contributed by atoms with Gasteiger partial charge in [0.25, 0.3) is 0 Å². The normalized spacial score (nSPS) is 14.1. The van der Waals surface area contributed by atoms with E-state index in [0.717, 1.165) is 12.8 Å². The Morgan fingerprint density at radius 2 is 1.84 bits per heavy atom. The number of rotatable bonds is 6. The molecule has 5 heteroatoms. The Kier molecular flexibility index (Phi) is 5.52. The number of sulfonamides is 1. The van der Waals surface area contributed by atoms with Gasteiger partial charge in [0.15, 0.2) is 0 Å². The van der Waals surface area contributed by atoms with Crippen molar-refractivity contribution in [3.8, 4) is 0 Å². The Balaban J connectivity index is 3.16. The lowest BCUT2D eigenvalue weighted by molar-refractivity contribution is 0.199. The fourth-order valence-corrected chi connectivity index (χ4v) is 3.66. The highest BCUT2D eigenvalue weighted by Crippen LogP contribution is 2.22. The van der Waals surface area contributed by atoms with Crippen molar-refractivity contribution in [2.75, 3.05) is 7.05 Å². The molecular weight excluding hydrogens is 262 g/mol. The molecule has 0 fully saturated rings. The van der Waals surface area contributed by atoms with Gasteiger partial charge in [-0.25, -0.2) is 8.42 Å². The minimum Gasteiger partial charge on any atom is -0.389 e. The lowest BCUT2D eigenvalue weighted by Crippen LogP contribution is -2.36. The molecule has 1 aromatic carbocycles. The molecule has 0 aromatic heterocycles. The number of hydrogen-bond acceptors (Lipinski definition) is 3. The van der Waals surface area contributed by atoms with Crippen LogP contribution in [0.4, 0.5) is 0 Å². The van der Waals surface area contributed by atoms with Crippen LogP contribution < -0.4 is 0 Å². The first kappa shape index (κ1) is 16.1. The highest BCUT2D eigenvalue weighted by atomic mass is 32.2. The van der Waals surface area contributed by atoms with Crippen molar-refractivity contribution in [1.82, 2.24) is 4.31 Å². The Morgan fingerprint density at radius 1 is 1.26 bits per heavy atom. The van der Waals surface area contributed by atoms with Crippen molar-refractivity contribution < 1.29 is 13.5 Å². The molecule has 0 aliphatic carbocycles. The number of aliphatic hydroxyl groups excluding tert-OH is 1. The van der Waals surface area contributed by atoms with Crippen LogP contribution in [0.1, 0.15) is 45.3 Å². The van der Waals surface area contributed by atoms with Gasteiger partial charge < -0.3 is 5.11 Å². The largest absolute Gasteiger partial charge is 0.389 e. The average Bonchev–Trinajstić information content (AvgIpc) is 2.40. The fourth-order valence-electron chi connectivity index (χ4n) is 2.10. The molecule has 0 bridgehead atoms. The highest BCUT2D eigenvalue weighted by molar-refractivity contribution is 7.89. The van der Waals surface area contributed by atoms with E-state index in [0.29, 0.717) is 5.56 Å². The van der Waals surface area contributed by atoms with Gasteiger partial charge in [0, 0.05) is 13.1 Å². The second-order valence-electron chi connectivity index (χ2n) is 4.74. The van der Waals surface area contributed by atoms with E-state index < -0.39 is 16.1 Å². The Morgan fingerprint density at radius 3 is 2.32 bits per heavy atom. The second kappa shape index (κ2) is 6.50. The van der Waals surface area contributed by atoms with Crippen molar-refractivity contribution in [1.29, 1.82) is 0 Å². The van der Waals surface area contributed by atoms with Crippen molar-refractivity contribution >= 4 is 10.0 Å². The second-order valence-corrected chi connectivity index (χ2v) is 6.74. The molecule has 1 unspecified atom stereocenters. The van der Waals surface area contributed by atoms with Crippen LogP contribution in [0.25, 0.3) is 0 Å². The van der Waals surface area contributed by atoms with Gasteiger partial charge in [-0.1, -0.05) is 26.0 Å². The van der Waals surface area contributed by atoms with Crippen LogP contribution in [0.3, 0.4) is 0 Å². The van der Waals surface area contributed by atoms with E-state index in [2.05, 4.69) is 0 Å². The zero-order valence-electron chi connectivity index (χ0n) is 12.0. The topological polar surface area (TPSA) is 57.6 Å². The molecule has 1 atom stereocenters. The summed E-state index contributed by atoms with van der Waals surface area (Å²) in [6, 6.07) is 6.50. The van der Waals surface area contributed by atoms with E-state index in [4.69, 9.17) is 0 Å². The SMILES string of the molecule is CCC(CC)N(C)S(=O)(=O)c1cccc(C(C)O)c1. The third-order valence-corrected chi connectivity index (χ3v) is 5.38. The van der Waals surface area contributed by atoms with Gasteiger partial charge >= 0.3 is 0 Å². The quantitative estimate of drug-likeness (QED) is 0.874. The van der Waals surface area contributed by atoms with Gasteiger partial charge in [-0.15, -0.1) is 0 Å². The van der Waals surface area contributed by atoms with Gasteiger partial charge in [0.05, 0.1) is 11.0 Å². The van der Waals surface area contributed by atoms with Gasteiger partial charge in [-0.05, 0) is 37.5 Å². The van der Waals surface area contributed by atoms with Crippen LogP contribution >= 0.6 is 0 Å². The summed E-state index contributed by atoms with van der Waals surface area (Å²) in [4.78, 5) is 0.236. The van der Waals surface area contributed by atoms with Crippen molar-refractivity contribution in [2.24, 2.45) is 0 Å². The molecule has 0 heterocycles. The molecule has 0 saturated carbocycles. The molecule has 0 saturated heterocycles. The van der Waals surface area contributed by atoms with Crippen molar-refractivity contribution in [3.05, 3.63) is 29.8 Å². The zero-order valence-corrected chi connectivity index (χ0v) is 12.8. The van der Waals surface area contributed by atoms with Crippen LogP contribution in [0, 0.1) is 0 Å². The van der Waals surface area contributed by atoms with Gasteiger partial charge in [0.1, 0.15) is 0 Å². The summed E-state index contributed by atoms with van der Waals surface area (Å²) in [6.07, 6.45) is 0.888. The summed E-state index contributed by atoms with van der Waals surface area (Å²) in [5.74, 6) is 0. The highest BCUT2D eigenvalue weighted by Gasteiger charge is 2.26. The maximum atomic E-state index is 12.5. The monoisotopic (exact) mass is 285 g/mol. The summed E-state index contributed by atoms with van der Waals surface area (Å²) in [7, 11) is -1.88. The number of aliphatic hydroxyl groups is 1. The smallest absolute Gasteiger partial charge is 0.243 e. The predicted octanol–water partition coefficient (Wildman–Crippen LogP) is 2.55. The van der Waals surface area contributed by atoms with E-state index in [1.807, 2.05) is 13.8 Å². The number of nitrogens with zero attached hydrogens (tertiary/aromatic N) is 1. The summed E-state index contributed by atoms with van der Waals surface area (Å²) in [5.41, 5.74) is 0.610. The molecule has 1 rings (SSSR count). The molecule has 0 spiro atoms. The van der Waals surface area contributed by atoms with Gasteiger partial charge in [0.2, 0.25) is 10.0 Å². The zero-order chi connectivity index (χ0) is 14.6. The summed E-state index contributed by atoms with van der Waals surface area (Å²) in [6.45, 7) is 5.58. The molecule has 1 aromatic rings. The molecule has 0 aliphatic heterocycles. The lowest BCUT2D eigenvalue weighted by atomic mass is 10.1. The Hall–Kier alpha value is -0.910. The Bertz CT molecular complexity index is 507. The molecule has 4 nitrogen and oxygen atoms in total. The average molecular weight is 285 g/mol. The number of hydrogen-bond donors (Lipinski definition) is 1. The van der Waals surface area contributed by atoms with Crippen molar-refractivity contribution in [3.63, 3.8) is 0 Å². The third kappa shape index (κ3) is 3.55. The van der Waals surface area contributed by atoms with E-state index in [1.165, 1.54) is 4.31 Å². The van der Waals surface area contributed by atoms with E-state index in [1.54, 1.807) is 38.2 Å². The van der Waals surface area contributed by atoms with Crippen LogP contribution in [-0.2, 0) is 10.0 Å². The summed E-state index contributed by atoms with van der Waals surface area (Å²) < 4.78 is 26.4. The molecule has 0 amide bonds. The van der Waals surface area contributed by atoms with E-state index in [-0.39, 0.29) is 10.9 Å². The lowest BCUT2D eigenvalue weighted by Gasteiger charge is -2.25. The third-order valence-electron chi connectivity index (χ3n) is 3.47. The predicted molar refractivity (Wildman–Crippen MR) is 76.4 cm³/mol. The minimum absolute atomic E-state index is 0.000191. The van der Waals surface area contributed by atoms with E-state index >= 15 is 0 Å². The molecule has 0 radical (unpaired) electrons.